The second-order valence-electron chi connectivity index (χ2n) is 5.72. The third-order valence-corrected chi connectivity index (χ3v) is 4.01. The summed E-state index contributed by atoms with van der Waals surface area (Å²) in [4.78, 5) is 20.7. The van der Waals surface area contributed by atoms with Crippen molar-refractivity contribution in [3.05, 3.63) is 42.4 Å². The molecule has 0 aliphatic heterocycles. The molecule has 0 spiro atoms. The molecule has 0 aromatic carbocycles. The molecule has 0 radical (unpaired) electrons. The molecular weight excluding hydrogens is 292 g/mol. The fourth-order valence-corrected chi connectivity index (χ4v) is 2.60. The van der Waals surface area contributed by atoms with Gasteiger partial charge in [-0.2, -0.15) is 5.10 Å². The highest BCUT2D eigenvalue weighted by atomic mass is 16.5. The first-order valence-electron chi connectivity index (χ1n) is 7.62. The molecule has 0 atom stereocenters. The van der Waals surface area contributed by atoms with Gasteiger partial charge in [-0.05, 0) is 31.0 Å². The van der Waals surface area contributed by atoms with Gasteiger partial charge in [0.25, 0.3) is 0 Å². The number of ether oxygens (including phenoxy) is 1. The van der Waals surface area contributed by atoms with Crippen LogP contribution in [0.15, 0.2) is 36.5 Å². The molecule has 1 aliphatic rings. The maximum Gasteiger partial charge on any atom is 0.212 e. The molecule has 0 bridgehead atoms. The molecule has 23 heavy (non-hydrogen) atoms. The Balaban J connectivity index is 1.71. The van der Waals surface area contributed by atoms with Crippen LogP contribution in [-0.4, -0.2) is 32.5 Å². The van der Waals surface area contributed by atoms with Gasteiger partial charge in [0.1, 0.15) is 5.78 Å². The van der Waals surface area contributed by atoms with Crippen molar-refractivity contribution in [1.29, 1.82) is 0 Å². The Hall–Kier alpha value is -2.76. The van der Waals surface area contributed by atoms with E-state index in [2.05, 4.69) is 15.1 Å². The van der Waals surface area contributed by atoms with Crippen molar-refractivity contribution in [1.82, 2.24) is 19.6 Å². The Bertz CT molecular complexity index is 866. The molecule has 6 nitrogen and oxygen atoms in total. The lowest BCUT2D eigenvalue weighted by molar-refractivity contribution is -0.119. The number of aromatic nitrogens is 4. The van der Waals surface area contributed by atoms with Gasteiger partial charge in [0.2, 0.25) is 5.88 Å². The van der Waals surface area contributed by atoms with Crippen LogP contribution >= 0.6 is 0 Å². The minimum Gasteiger partial charge on any atom is -0.481 e. The summed E-state index contributed by atoms with van der Waals surface area (Å²) >= 11 is 0. The zero-order chi connectivity index (χ0) is 15.8. The molecule has 0 N–H and O–H groups in total. The van der Waals surface area contributed by atoms with E-state index in [-0.39, 0.29) is 11.7 Å². The third-order valence-electron chi connectivity index (χ3n) is 4.01. The lowest BCUT2D eigenvalue weighted by Crippen LogP contribution is -2.06. The number of carbonyl (C=O) groups excluding carboxylic acids is 1. The van der Waals surface area contributed by atoms with Crippen LogP contribution in [0.5, 0.6) is 5.88 Å². The zero-order valence-corrected chi connectivity index (χ0v) is 12.8. The minimum atomic E-state index is 0.229. The predicted octanol–water partition coefficient (Wildman–Crippen LogP) is 2.32. The summed E-state index contributed by atoms with van der Waals surface area (Å²) in [6.45, 7) is 0. The van der Waals surface area contributed by atoms with E-state index in [1.165, 1.54) is 0 Å². The topological polar surface area (TPSA) is 69.4 Å². The average Bonchev–Trinajstić information content (AvgIpc) is 3.35. The number of rotatable bonds is 5. The molecule has 3 aromatic heterocycles. The van der Waals surface area contributed by atoms with Gasteiger partial charge in [0.05, 0.1) is 19.2 Å². The summed E-state index contributed by atoms with van der Waals surface area (Å²) in [5.74, 6) is 1.62. The normalized spacial score (nSPS) is 14.1. The summed E-state index contributed by atoms with van der Waals surface area (Å²) in [5.41, 5.74) is 2.54. The van der Waals surface area contributed by atoms with E-state index >= 15 is 0 Å². The predicted molar refractivity (Wildman–Crippen MR) is 84.2 cm³/mol. The Kier molecular flexibility index (Phi) is 3.29. The summed E-state index contributed by atoms with van der Waals surface area (Å²) in [7, 11) is 1.59. The molecule has 3 heterocycles. The highest BCUT2D eigenvalue weighted by Gasteiger charge is 2.30. The number of pyridine rings is 2. The molecule has 0 saturated heterocycles. The highest BCUT2D eigenvalue weighted by molar-refractivity contribution is 5.84. The maximum absolute atomic E-state index is 12.0. The van der Waals surface area contributed by atoms with Crippen molar-refractivity contribution in [3.8, 4) is 17.1 Å². The lowest BCUT2D eigenvalue weighted by atomic mass is 10.2. The van der Waals surface area contributed by atoms with Crippen molar-refractivity contribution in [2.24, 2.45) is 5.92 Å². The summed E-state index contributed by atoms with van der Waals surface area (Å²) in [6.07, 6.45) is 4.07. The molecule has 6 heteroatoms. The standard InChI is InChI=1S/C17H16N4O2/c1-23-17-8-7-12(10-18-17)13-3-2-4-16-19-15(20-21(13)16)9-14(22)11-5-6-11/h2-4,7-8,10-11H,5-6,9H2,1H3. The Morgan fingerprint density at radius 1 is 1.30 bits per heavy atom. The van der Waals surface area contributed by atoms with Crippen molar-refractivity contribution in [2.75, 3.05) is 7.11 Å². The Labute approximate surface area is 133 Å². The fraction of sp³-hybridized carbons (Fsp3) is 0.294. The Morgan fingerprint density at radius 2 is 2.17 bits per heavy atom. The highest BCUT2D eigenvalue weighted by Crippen LogP contribution is 2.30. The van der Waals surface area contributed by atoms with E-state index in [9.17, 15) is 4.79 Å². The number of hydrogen-bond donors (Lipinski definition) is 0. The van der Waals surface area contributed by atoms with Crippen molar-refractivity contribution in [3.63, 3.8) is 0 Å². The van der Waals surface area contributed by atoms with E-state index < -0.39 is 0 Å². The third kappa shape index (κ3) is 2.67. The SMILES string of the molecule is COc1ccc(-c2cccc3nc(CC(=O)C4CC4)nn23)cn1. The van der Waals surface area contributed by atoms with Gasteiger partial charge in [-0.15, -0.1) is 0 Å². The van der Waals surface area contributed by atoms with Crippen molar-refractivity contribution in [2.45, 2.75) is 19.3 Å². The quantitative estimate of drug-likeness (QED) is 0.723. The van der Waals surface area contributed by atoms with E-state index in [1.54, 1.807) is 17.8 Å². The van der Waals surface area contributed by atoms with E-state index in [4.69, 9.17) is 4.74 Å². The number of nitrogens with zero attached hydrogens (tertiary/aromatic N) is 4. The first-order chi connectivity index (χ1) is 11.2. The minimum absolute atomic E-state index is 0.229. The number of carbonyl (C=O) groups is 1. The van der Waals surface area contributed by atoms with E-state index in [0.29, 0.717) is 18.1 Å². The van der Waals surface area contributed by atoms with Crippen LogP contribution < -0.4 is 4.74 Å². The molecule has 4 rings (SSSR count). The van der Waals surface area contributed by atoms with Crippen LogP contribution in [0.4, 0.5) is 0 Å². The molecule has 116 valence electrons. The molecule has 1 saturated carbocycles. The largest absolute Gasteiger partial charge is 0.481 e. The molecule has 1 aliphatic carbocycles. The van der Waals surface area contributed by atoms with Crippen LogP contribution in [0.1, 0.15) is 18.7 Å². The Morgan fingerprint density at radius 3 is 2.87 bits per heavy atom. The van der Waals surface area contributed by atoms with Gasteiger partial charge < -0.3 is 4.74 Å². The number of ketones is 1. The monoisotopic (exact) mass is 308 g/mol. The van der Waals surface area contributed by atoms with Gasteiger partial charge in [0, 0.05) is 23.7 Å². The number of methoxy groups -OCH3 is 1. The summed E-state index contributed by atoms with van der Waals surface area (Å²) in [6, 6.07) is 9.51. The first-order valence-corrected chi connectivity index (χ1v) is 7.62. The van der Waals surface area contributed by atoms with Crippen LogP contribution in [0.25, 0.3) is 16.9 Å². The van der Waals surface area contributed by atoms with Gasteiger partial charge in [0.15, 0.2) is 11.5 Å². The van der Waals surface area contributed by atoms with Crippen molar-refractivity contribution < 1.29 is 9.53 Å². The molecule has 0 amide bonds. The van der Waals surface area contributed by atoms with Gasteiger partial charge >= 0.3 is 0 Å². The molecule has 1 fully saturated rings. The van der Waals surface area contributed by atoms with Crippen molar-refractivity contribution >= 4 is 11.4 Å². The summed E-state index contributed by atoms with van der Waals surface area (Å²) < 4.78 is 6.85. The van der Waals surface area contributed by atoms with Gasteiger partial charge in [-0.25, -0.2) is 14.5 Å². The smallest absolute Gasteiger partial charge is 0.212 e. The van der Waals surface area contributed by atoms with Crippen LogP contribution in [0.2, 0.25) is 0 Å². The first kappa shape index (κ1) is 13.9. The van der Waals surface area contributed by atoms with E-state index in [1.807, 2.05) is 30.3 Å². The number of hydrogen-bond acceptors (Lipinski definition) is 5. The maximum atomic E-state index is 12.0. The second kappa shape index (κ2) is 5.46. The van der Waals surface area contributed by atoms with Crippen LogP contribution in [0, 0.1) is 5.92 Å². The van der Waals surface area contributed by atoms with Gasteiger partial charge in [-0.1, -0.05) is 6.07 Å². The summed E-state index contributed by atoms with van der Waals surface area (Å²) in [5, 5.41) is 4.51. The number of Topliss-reactive ketones (excluding diaryl/α,β-unsaturated/α-hetero) is 1. The van der Waals surface area contributed by atoms with E-state index in [0.717, 1.165) is 29.7 Å². The average molecular weight is 308 g/mol. The fourth-order valence-electron chi connectivity index (χ4n) is 2.60. The second-order valence-corrected chi connectivity index (χ2v) is 5.72. The van der Waals surface area contributed by atoms with Gasteiger partial charge in [-0.3, -0.25) is 4.79 Å². The lowest BCUT2D eigenvalue weighted by Gasteiger charge is -2.04. The van der Waals surface area contributed by atoms with Crippen LogP contribution in [-0.2, 0) is 11.2 Å². The number of fused-ring (bicyclic) bond motifs is 1. The zero-order valence-electron chi connectivity index (χ0n) is 12.8. The molecule has 3 aromatic rings. The molecule has 0 unspecified atom stereocenters. The molecular formula is C17H16N4O2. The van der Waals surface area contributed by atoms with Crippen LogP contribution in [0.3, 0.4) is 0 Å².